The smallest absolute Gasteiger partial charge is 0.243 e. The number of rotatable bonds is 4. The first-order chi connectivity index (χ1) is 13.4. The maximum atomic E-state index is 12.7. The lowest BCUT2D eigenvalue weighted by Gasteiger charge is -2.26. The predicted octanol–water partition coefficient (Wildman–Crippen LogP) is 2.18. The Morgan fingerprint density at radius 1 is 1.14 bits per heavy atom. The van der Waals surface area contributed by atoms with Gasteiger partial charge >= 0.3 is 0 Å². The molecule has 0 unspecified atom stereocenters. The van der Waals surface area contributed by atoms with Crippen LogP contribution in [0.15, 0.2) is 40.7 Å². The van der Waals surface area contributed by atoms with Gasteiger partial charge in [0.1, 0.15) is 16.6 Å². The molecule has 1 aliphatic rings. The number of aromatic nitrogens is 3. The van der Waals surface area contributed by atoms with Gasteiger partial charge in [-0.2, -0.15) is 4.31 Å². The first-order valence-electron chi connectivity index (χ1n) is 8.68. The number of nitrogen functional groups attached to an aromatic ring is 1. The van der Waals surface area contributed by atoms with E-state index in [2.05, 4.69) is 15.0 Å². The normalized spacial score (nSPS) is 15.6. The Morgan fingerprint density at radius 2 is 1.86 bits per heavy atom. The highest BCUT2D eigenvalue weighted by Gasteiger charge is 2.26. The van der Waals surface area contributed by atoms with Crippen LogP contribution in [0.25, 0.3) is 21.8 Å². The molecule has 10 heteroatoms. The molecule has 1 saturated heterocycles. The monoisotopic (exact) mass is 417 g/mol. The highest BCUT2D eigenvalue weighted by Crippen LogP contribution is 2.31. The second kappa shape index (κ2) is 7.55. The molecule has 2 N–H and O–H groups in total. The fraction of sp³-hybridized carbons (Fsp3) is 0.278. The summed E-state index contributed by atoms with van der Waals surface area (Å²) in [4.78, 5) is 13.2. The molecule has 0 amide bonds. The van der Waals surface area contributed by atoms with Gasteiger partial charge in [0.15, 0.2) is 0 Å². The number of benzene rings is 1. The summed E-state index contributed by atoms with van der Waals surface area (Å²) < 4.78 is 32.1. The average Bonchev–Trinajstić information content (AvgIpc) is 3.18. The number of nitrogens with two attached hydrogens (primary N) is 1. The Morgan fingerprint density at radius 3 is 2.54 bits per heavy atom. The molecule has 0 radical (unpaired) electrons. The SMILES string of the molecule is Cc1ncc(-c2nc(-c3ccc(S(=O)(=O)N4CCOCC4)cc3)cs2)c(N)n1. The molecular formula is C18H19N5O3S2. The van der Waals surface area contributed by atoms with E-state index in [1.807, 2.05) is 5.38 Å². The number of anilines is 1. The summed E-state index contributed by atoms with van der Waals surface area (Å²) in [7, 11) is -3.51. The molecule has 1 fully saturated rings. The molecule has 0 bridgehead atoms. The second-order valence-electron chi connectivity index (χ2n) is 6.29. The summed E-state index contributed by atoms with van der Waals surface area (Å²) in [5.41, 5.74) is 8.24. The van der Waals surface area contributed by atoms with Crippen molar-refractivity contribution in [1.29, 1.82) is 0 Å². The largest absolute Gasteiger partial charge is 0.383 e. The summed E-state index contributed by atoms with van der Waals surface area (Å²) in [5, 5.41) is 2.62. The summed E-state index contributed by atoms with van der Waals surface area (Å²) in [6.45, 7) is 3.37. The van der Waals surface area contributed by atoms with Gasteiger partial charge in [-0.3, -0.25) is 0 Å². The van der Waals surface area contributed by atoms with Gasteiger partial charge in [0, 0.05) is 30.2 Å². The molecule has 28 heavy (non-hydrogen) atoms. The van der Waals surface area contributed by atoms with Crippen molar-refractivity contribution in [2.45, 2.75) is 11.8 Å². The van der Waals surface area contributed by atoms with Crippen molar-refractivity contribution in [2.24, 2.45) is 0 Å². The molecular weight excluding hydrogens is 398 g/mol. The van der Waals surface area contributed by atoms with Crippen LogP contribution in [-0.4, -0.2) is 54.0 Å². The first kappa shape index (κ1) is 18.9. The fourth-order valence-electron chi connectivity index (χ4n) is 2.92. The van der Waals surface area contributed by atoms with Crippen LogP contribution in [0.1, 0.15) is 5.82 Å². The minimum atomic E-state index is -3.51. The Labute approximate surface area is 167 Å². The molecule has 1 aromatic carbocycles. The van der Waals surface area contributed by atoms with Crippen LogP contribution >= 0.6 is 11.3 Å². The highest BCUT2D eigenvalue weighted by atomic mass is 32.2. The number of aryl methyl sites for hydroxylation is 1. The molecule has 1 aliphatic heterocycles. The van der Waals surface area contributed by atoms with E-state index < -0.39 is 10.0 Å². The van der Waals surface area contributed by atoms with Crippen molar-refractivity contribution < 1.29 is 13.2 Å². The van der Waals surface area contributed by atoms with Gasteiger partial charge in [0.25, 0.3) is 0 Å². The standard InChI is InChI=1S/C18H19N5O3S2/c1-12-20-10-15(17(19)21-12)18-22-16(11-27-18)13-2-4-14(5-3-13)28(24,25)23-6-8-26-9-7-23/h2-5,10-11H,6-9H2,1H3,(H2,19,20,21). The van der Waals surface area contributed by atoms with Crippen LogP contribution in [0.3, 0.4) is 0 Å². The molecule has 146 valence electrons. The molecule has 0 atom stereocenters. The van der Waals surface area contributed by atoms with Gasteiger partial charge in [-0.25, -0.2) is 23.4 Å². The Bertz CT molecular complexity index is 1090. The van der Waals surface area contributed by atoms with Crippen LogP contribution in [0.4, 0.5) is 5.82 Å². The zero-order valence-electron chi connectivity index (χ0n) is 15.2. The van der Waals surface area contributed by atoms with E-state index in [0.717, 1.165) is 16.3 Å². The van der Waals surface area contributed by atoms with Crippen molar-refractivity contribution in [1.82, 2.24) is 19.3 Å². The van der Waals surface area contributed by atoms with E-state index >= 15 is 0 Å². The minimum Gasteiger partial charge on any atom is -0.383 e. The summed E-state index contributed by atoms with van der Waals surface area (Å²) in [5.74, 6) is 0.996. The zero-order chi connectivity index (χ0) is 19.7. The second-order valence-corrected chi connectivity index (χ2v) is 9.09. The van der Waals surface area contributed by atoms with Crippen molar-refractivity contribution in [2.75, 3.05) is 32.0 Å². The number of sulfonamides is 1. The number of hydrogen-bond donors (Lipinski definition) is 1. The molecule has 0 saturated carbocycles. The molecule has 2 aromatic heterocycles. The summed E-state index contributed by atoms with van der Waals surface area (Å²) in [6.07, 6.45) is 1.66. The van der Waals surface area contributed by atoms with Crippen molar-refractivity contribution >= 4 is 27.2 Å². The Kier molecular flexibility index (Phi) is 5.11. The Hall–Kier alpha value is -2.40. The van der Waals surface area contributed by atoms with Crippen molar-refractivity contribution in [3.8, 4) is 21.8 Å². The molecule has 4 rings (SSSR count). The predicted molar refractivity (Wildman–Crippen MR) is 107 cm³/mol. The van der Waals surface area contributed by atoms with Gasteiger partial charge in [0.2, 0.25) is 10.0 Å². The summed E-state index contributed by atoms with van der Waals surface area (Å²) >= 11 is 1.44. The van der Waals surface area contributed by atoms with Crippen LogP contribution in [-0.2, 0) is 14.8 Å². The van der Waals surface area contributed by atoms with Gasteiger partial charge in [-0.05, 0) is 19.1 Å². The third-order valence-electron chi connectivity index (χ3n) is 4.43. The number of hydrogen-bond acceptors (Lipinski definition) is 8. The van der Waals surface area contributed by atoms with Crippen LogP contribution in [0.2, 0.25) is 0 Å². The van der Waals surface area contributed by atoms with E-state index in [-0.39, 0.29) is 4.90 Å². The van der Waals surface area contributed by atoms with Gasteiger partial charge in [-0.15, -0.1) is 11.3 Å². The van der Waals surface area contributed by atoms with Crippen molar-refractivity contribution in [3.05, 3.63) is 41.7 Å². The van der Waals surface area contributed by atoms with Gasteiger partial charge in [0.05, 0.1) is 29.4 Å². The van der Waals surface area contributed by atoms with E-state index in [1.165, 1.54) is 15.6 Å². The molecule has 0 aliphatic carbocycles. The minimum absolute atomic E-state index is 0.268. The molecule has 3 aromatic rings. The average molecular weight is 418 g/mol. The van der Waals surface area contributed by atoms with Crippen molar-refractivity contribution in [3.63, 3.8) is 0 Å². The van der Waals surface area contributed by atoms with Gasteiger partial charge < -0.3 is 10.5 Å². The quantitative estimate of drug-likeness (QED) is 0.692. The van der Waals surface area contributed by atoms with E-state index in [4.69, 9.17) is 10.5 Å². The number of morpholine rings is 1. The number of nitrogens with zero attached hydrogens (tertiary/aromatic N) is 4. The van der Waals surface area contributed by atoms with E-state index in [1.54, 1.807) is 37.4 Å². The topological polar surface area (TPSA) is 111 Å². The lowest BCUT2D eigenvalue weighted by atomic mass is 10.2. The molecule has 0 spiro atoms. The third-order valence-corrected chi connectivity index (χ3v) is 7.22. The number of ether oxygens (including phenoxy) is 1. The zero-order valence-corrected chi connectivity index (χ0v) is 16.8. The maximum absolute atomic E-state index is 12.7. The first-order valence-corrected chi connectivity index (χ1v) is 11.0. The highest BCUT2D eigenvalue weighted by molar-refractivity contribution is 7.89. The van der Waals surface area contributed by atoms with Crippen LogP contribution in [0.5, 0.6) is 0 Å². The summed E-state index contributed by atoms with van der Waals surface area (Å²) in [6, 6.07) is 6.76. The maximum Gasteiger partial charge on any atom is 0.243 e. The van der Waals surface area contributed by atoms with Gasteiger partial charge in [-0.1, -0.05) is 12.1 Å². The number of thiazole rings is 1. The molecule has 3 heterocycles. The molecule has 8 nitrogen and oxygen atoms in total. The Balaban J connectivity index is 1.59. The fourth-order valence-corrected chi connectivity index (χ4v) is 5.17. The van der Waals surface area contributed by atoms with E-state index in [0.29, 0.717) is 43.5 Å². The van der Waals surface area contributed by atoms with Crippen LogP contribution in [0, 0.1) is 6.92 Å². The lowest BCUT2D eigenvalue weighted by Crippen LogP contribution is -2.40. The third kappa shape index (κ3) is 3.63. The van der Waals surface area contributed by atoms with E-state index in [9.17, 15) is 8.42 Å². The van der Waals surface area contributed by atoms with Crippen LogP contribution < -0.4 is 5.73 Å². The lowest BCUT2D eigenvalue weighted by molar-refractivity contribution is 0.0730.